The number of nitrogens with zero attached hydrogens (tertiary/aromatic N) is 2. The molecule has 7 nitrogen and oxygen atoms in total. The van der Waals surface area contributed by atoms with Gasteiger partial charge in [0.05, 0.1) is 12.8 Å². The molecule has 0 aliphatic carbocycles. The molecule has 1 aromatic heterocycles. The van der Waals surface area contributed by atoms with E-state index in [0.717, 1.165) is 16.9 Å². The SMILES string of the molecule is C=C(N)C(=O)Nc1cccc(-c2n[nH]c(-c3ccc(OC)cc3)n2)c1. The van der Waals surface area contributed by atoms with E-state index >= 15 is 0 Å². The Bertz CT molecular complexity index is 915. The fraction of sp³-hybridized carbons (Fsp3) is 0.0556. The molecule has 126 valence electrons. The van der Waals surface area contributed by atoms with E-state index in [-0.39, 0.29) is 5.70 Å². The molecule has 0 saturated carbocycles. The Kier molecular flexibility index (Phi) is 4.47. The molecule has 0 spiro atoms. The first-order valence-corrected chi connectivity index (χ1v) is 7.50. The van der Waals surface area contributed by atoms with Crippen LogP contribution in [0.15, 0.2) is 60.8 Å². The lowest BCUT2D eigenvalue weighted by atomic mass is 10.2. The first-order chi connectivity index (χ1) is 12.1. The van der Waals surface area contributed by atoms with Crippen LogP contribution >= 0.6 is 0 Å². The predicted octanol–water partition coefficient (Wildman–Crippen LogP) is 2.56. The predicted molar refractivity (Wildman–Crippen MR) is 95.8 cm³/mol. The molecule has 25 heavy (non-hydrogen) atoms. The van der Waals surface area contributed by atoms with Gasteiger partial charge in [0.2, 0.25) is 0 Å². The number of methoxy groups -OCH3 is 1. The Morgan fingerprint density at radius 2 is 1.96 bits per heavy atom. The van der Waals surface area contributed by atoms with E-state index in [4.69, 9.17) is 10.5 Å². The van der Waals surface area contributed by atoms with E-state index < -0.39 is 5.91 Å². The van der Waals surface area contributed by atoms with Crippen molar-refractivity contribution in [1.82, 2.24) is 15.2 Å². The smallest absolute Gasteiger partial charge is 0.270 e. The Labute approximate surface area is 144 Å². The number of amides is 1. The number of ether oxygens (including phenoxy) is 1. The molecule has 1 heterocycles. The van der Waals surface area contributed by atoms with Crippen LogP contribution < -0.4 is 15.8 Å². The number of carbonyl (C=O) groups excluding carboxylic acids is 1. The molecule has 7 heteroatoms. The Morgan fingerprint density at radius 1 is 1.20 bits per heavy atom. The number of hydrogen-bond donors (Lipinski definition) is 3. The molecule has 0 bridgehead atoms. The number of nitrogens with one attached hydrogen (secondary N) is 2. The van der Waals surface area contributed by atoms with E-state index in [1.54, 1.807) is 25.3 Å². The quantitative estimate of drug-likeness (QED) is 0.621. The molecular weight excluding hydrogens is 318 g/mol. The largest absolute Gasteiger partial charge is 0.497 e. The summed E-state index contributed by atoms with van der Waals surface area (Å²) in [6, 6.07) is 14.7. The number of hydrogen-bond acceptors (Lipinski definition) is 5. The van der Waals surface area contributed by atoms with Crippen molar-refractivity contribution in [3.63, 3.8) is 0 Å². The van der Waals surface area contributed by atoms with Gasteiger partial charge in [-0.25, -0.2) is 4.98 Å². The molecule has 0 aliphatic heterocycles. The zero-order valence-corrected chi connectivity index (χ0v) is 13.6. The van der Waals surface area contributed by atoms with Gasteiger partial charge in [-0.05, 0) is 36.4 Å². The fourth-order valence-corrected chi connectivity index (χ4v) is 2.22. The van der Waals surface area contributed by atoms with Gasteiger partial charge >= 0.3 is 0 Å². The van der Waals surface area contributed by atoms with E-state index in [2.05, 4.69) is 27.1 Å². The number of rotatable bonds is 5. The first kappa shape index (κ1) is 16.3. The highest BCUT2D eigenvalue weighted by atomic mass is 16.5. The molecule has 1 amide bonds. The number of nitrogens with two attached hydrogens (primary N) is 1. The zero-order valence-electron chi connectivity index (χ0n) is 13.6. The minimum Gasteiger partial charge on any atom is -0.497 e. The van der Waals surface area contributed by atoms with Gasteiger partial charge in [0.1, 0.15) is 5.75 Å². The van der Waals surface area contributed by atoms with Crippen LogP contribution in [0.5, 0.6) is 5.75 Å². The summed E-state index contributed by atoms with van der Waals surface area (Å²) in [5, 5.41) is 9.81. The van der Waals surface area contributed by atoms with Crippen LogP contribution in [0, 0.1) is 0 Å². The van der Waals surface area contributed by atoms with Gasteiger partial charge in [-0.3, -0.25) is 9.89 Å². The van der Waals surface area contributed by atoms with Crippen LogP contribution in [-0.4, -0.2) is 28.2 Å². The molecule has 3 rings (SSSR count). The summed E-state index contributed by atoms with van der Waals surface area (Å²) in [6.07, 6.45) is 0. The summed E-state index contributed by atoms with van der Waals surface area (Å²) in [7, 11) is 1.62. The molecule has 4 N–H and O–H groups in total. The molecule has 2 aromatic carbocycles. The van der Waals surface area contributed by atoms with Crippen molar-refractivity contribution in [3.05, 3.63) is 60.8 Å². The fourth-order valence-electron chi connectivity index (χ4n) is 2.22. The van der Waals surface area contributed by atoms with Gasteiger partial charge in [0.15, 0.2) is 11.6 Å². The average Bonchev–Trinajstić information content (AvgIpc) is 3.12. The van der Waals surface area contributed by atoms with Crippen LogP contribution in [0.1, 0.15) is 0 Å². The normalized spacial score (nSPS) is 10.3. The van der Waals surface area contributed by atoms with E-state index in [1.807, 2.05) is 30.3 Å². The van der Waals surface area contributed by atoms with Crippen molar-refractivity contribution in [1.29, 1.82) is 0 Å². The Hall–Kier alpha value is -3.61. The summed E-state index contributed by atoms with van der Waals surface area (Å²) in [4.78, 5) is 16.1. The van der Waals surface area contributed by atoms with E-state index in [0.29, 0.717) is 17.3 Å². The lowest BCUT2D eigenvalue weighted by Crippen LogP contribution is -2.18. The van der Waals surface area contributed by atoms with Crippen LogP contribution in [-0.2, 0) is 4.79 Å². The molecule has 0 unspecified atom stereocenters. The van der Waals surface area contributed by atoms with Crippen molar-refractivity contribution in [2.45, 2.75) is 0 Å². The molecule has 0 atom stereocenters. The van der Waals surface area contributed by atoms with Gasteiger partial charge in [0, 0.05) is 16.8 Å². The Morgan fingerprint density at radius 3 is 2.64 bits per heavy atom. The summed E-state index contributed by atoms with van der Waals surface area (Å²) in [5.74, 6) is 1.50. The second-order valence-corrected chi connectivity index (χ2v) is 5.30. The highest BCUT2D eigenvalue weighted by Gasteiger charge is 2.10. The number of carbonyl (C=O) groups is 1. The van der Waals surface area contributed by atoms with Crippen molar-refractivity contribution >= 4 is 11.6 Å². The first-order valence-electron chi connectivity index (χ1n) is 7.50. The third-order valence-electron chi connectivity index (χ3n) is 3.52. The number of anilines is 1. The van der Waals surface area contributed by atoms with Crippen LogP contribution in [0.3, 0.4) is 0 Å². The zero-order chi connectivity index (χ0) is 17.8. The summed E-state index contributed by atoms with van der Waals surface area (Å²) in [5.41, 5.74) is 7.57. The van der Waals surface area contributed by atoms with Gasteiger partial charge in [-0.1, -0.05) is 18.7 Å². The molecule has 0 saturated heterocycles. The van der Waals surface area contributed by atoms with Crippen molar-refractivity contribution in [3.8, 4) is 28.5 Å². The summed E-state index contributed by atoms with van der Waals surface area (Å²) in [6.45, 7) is 3.41. The van der Waals surface area contributed by atoms with Crippen molar-refractivity contribution < 1.29 is 9.53 Å². The minimum absolute atomic E-state index is 0.0508. The van der Waals surface area contributed by atoms with Gasteiger partial charge in [-0.2, -0.15) is 5.10 Å². The van der Waals surface area contributed by atoms with E-state index in [1.165, 1.54) is 0 Å². The van der Waals surface area contributed by atoms with Gasteiger partial charge < -0.3 is 15.8 Å². The topological polar surface area (TPSA) is 106 Å². The highest BCUT2D eigenvalue weighted by molar-refractivity contribution is 6.02. The third kappa shape index (κ3) is 3.66. The molecule has 0 fully saturated rings. The van der Waals surface area contributed by atoms with Gasteiger partial charge in [-0.15, -0.1) is 0 Å². The molecule has 0 aliphatic rings. The standard InChI is InChI=1S/C18H17N5O2/c1-11(19)18(24)20-14-5-3-4-13(10-14)17-21-16(22-23-17)12-6-8-15(25-2)9-7-12/h3-10H,1,19H2,2H3,(H,20,24)(H,21,22,23). The lowest BCUT2D eigenvalue weighted by Gasteiger charge is -2.05. The maximum Gasteiger partial charge on any atom is 0.270 e. The highest BCUT2D eigenvalue weighted by Crippen LogP contribution is 2.23. The van der Waals surface area contributed by atoms with Gasteiger partial charge in [0.25, 0.3) is 5.91 Å². The monoisotopic (exact) mass is 335 g/mol. The molecule has 0 radical (unpaired) electrons. The van der Waals surface area contributed by atoms with Crippen molar-refractivity contribution in [2.24, 2.45) is 5.73 Å². The minimum atomic E-state index is -0.439. The van der Waals surface area contributed by atoms with Crippen LogP contribution in [0.25, 0.3) is 22.8 Å². The Balaban J connectivity index is 1.84. The number of H-pyrrole nitrogens is 1. The van der Waals surface area contributed by atoms with Crippen LogP contribution in [0.4, 0.5) is 5.69 Å². The third-order valence-corrected chi connectivity index (χ3v) is 3.52. The van der Waals surface area contributed by atoms with Crippen LogP contribution in [0.2, 0.25) is 0 Å². The maximum atomic E-state index is 11.6. The van der Waals surface area contributed by atoms with E-state index in [9.17, 15) is 4.79 Å². The average molecular weight is 335 g/mol. The second kappa shape index (κ2) is 6.88. The maximum absolute atomic E-state index is 11.6. The lowest BCUT2D eigenvalue weighted by molar-refractivity contribution is -0.112. The second-order valence-electron chi connectivity index (χ2n) is 5.30. The summed E-state index contributed by atoms with van der Waals surface area (Å²) < 4.78 is 5.15. The molecular formula is C18H17N5O2. The summed E-state index contributed by atoms with van der Waals surface area (Å²) >= 11 is 0. The number of aromatic nitrogens is 3. The molecule has 3 aromatic rings. The number of aromatic amines is 1. The van der Waals surface area contributed by atoms with Crippen molar-refractivity contribution in [2.75, 3.05) is 12.4 Å². The number of benzene rings is 2.